The van der Waals surface area contributed by atoms with E-state index in [-0.39, 0.29) is 18.9 Å². The molecule has 10 nitrogen and oxygen atoms in total. The summed E-state index contributed by atoms with van der Waals surface area (Å²) >= 11 is 0. The van der Waals surface area contributed by atoms with Gasteiger partial charge in [0.1, 0.15) is 12.6 Å². The molecule has 0 aliphatic carbocycles. The number of nitrogens with one attached hydrogen (secondary N) is 4. The summed E-state index contributed by atoms with van der Waals surface area (Å²) in [6.07, 6.45) is 1.80. The molecule has 1 aliphatic rings. The zero-order valence-electron chi connectivity index (χ0n) is 16.9. The molecule has 0 unspecified atom stereocenters. The predicted molar refractivity (Wildman–Crippen MR) is 117 cm³/mol. The number of rotatable bonds is 6. The first-order valence-corrected chi connectivity index (χ1v) is 9.94. The SMILES string of the molecule is O=C1CN(C(=O)NCC(=O)N[C@@H](Cc2c[nH]c3ccccc23)C(=O)O)c2ccccc2N1. The molecule has 4 amide bonds. The fourth-order valence-electron chi connectivity index (χ4n) is 3.63. The van der Waals surface area contributed by atoms with Crippen molar-refractivity contribution in [2.45, 2.75) is 12.5 Å². The average Bonchev–Trinajstić information content (AvgIpc) is 3.19. The molecule has 1 aromatic heterocycles. The molecule has 164 valence electrons. The maximum Gasteiger partial charge on any atom is 0.326 e. The number of para-hydroxylation sites is 3. The van der Waals surface area contributed by atoms with Crippen LogP contribution in [0, 0.1) is 0 Å². The summed E-state index contributed by atoms with van der Waals surface area (Å²) in [7, 11) is 0. The quantitative estimate of drug-likeness (QED) is 0.398. The Bertz CT molecular complexity index is 1200. The van der Waals surface area contributed by atoms with E-state index >= 15 is 0 Å². The summed E-state index contributed by atoms with van der Waals surface area (Å²) in [6.45, 7) is -0.625. The van der Waals surface area contributed by atoms with Gasteiger partial charge in [-0.05, 0) is 23.8 Å². The number of carbonyl (C=O) groups excluding carboxylic acids is 3. The zero-order valence-corrected chi connectivity index (χ0v) is 16.9. The van der Waals surface area contributed by atoms with Gasteiger partial charge in [0, 0.05) is 23.5 Å². The van der Waals surface area contributed by atoms with E-state index in [1.807, 2.05) is 24.3 Å². The van der Waals surface area contributed by atoms with Gasteiger partial charge in [-0.25, -0.2) is 9.59 Å². The van der Waals surface area contributed by atoms with Gasteiger partial charge in [0.15, 0.2) is 0 Å². The lowest BCUT2D eigenvalue weighted by Gasteiger charge is -2.29. The first-order valence-electron chi connectivity index (χ1n) is 9.94. The first kappa shape index (κ1) is 20.9. The van der Waals surface area contributed by atoms with Crippen LogP contribution in [0.25, 0.3) is 10.9 Å². The van der Waals surface area contributed by atoms with Crippen molar-refractivity contribution >= 4 is 46.1 Å². The third-order valence-corrected chi connectivity index (χ3v) is 5.15. The molecule has 0 spiro atoms. The molecule has 0 radical (unpaired) electrons. The zero-order chi connectivity index (χ0) is 22.7. The molecule has 10 heteroatoms. The largest absolute Gasteiger partial charge is 0.480 e. The van der Waals surface area contributed by atoms with Gasteiger partial charge in [0.05, 0.1) is 17.9 Å². The number of aliphatic carboxylic acids is 1. The number of hydrogen-bond donors (Lipinski definition) is 5. The Balaban J connectivity index is 1.37. The highest BCUT2D eigenvalue weighted by molar-refractivity contribution is 6.09. The summed E-state index contributed by atoms with van der Waals surface area (Å²) in [6, 6.07) is 12.5. The van der Waals surface area contributed by atoms with E-state index in [2.05, 4.69) is 20.9 Å². The van der Waals surface area contributed by atoms with Crippen molar-refractivity contribution in [3.05, 3.63) is 60.3 Å². The van der Waals surface area contributed by atoms with Crippen LogP contribution in [0.2, 0.25) is 0 Å². The lowest BCUT2D eigenvalue weighted by molar-refractivity contribution is -0.141. The number of carboxylic acids is 1. The third kappa shape index (κ3) is 4.38. The number of carboxylic acid groups (broad SMARTS) is 1. The Hall–Kier alpha value is -4.34. The third-order valence-electron chi connectivity index (χ3n) is 5.15. The van der Waals surface area contributed by atoms with E-state index in [1.54, 1.807) is 30.5 Å². The van der Waals surface area contributed by atoms with Gasteiger partial charge in [-0.2, -0.15) is 0 Å². The number of amides is 4. The van der Waals surface area contributed by atoms with Gasteiger partial charge in [-0.3, -0.25) is 14.5 Å². The number of aromatic nitrogens is 1. The van der Waals surface area contributed by atoms with Gasteiger partial charge < -0.3 is 26.0 Å². The lowest BCUT2D eigenvalue weighted by atomic mass is 10.1. The van der Waals surface area contributed by atoms with Crippen molar-refractivity contribution in [3.8, 4) is 0 Å². The van der Waals surface area contributed by atoms with Crippen LogP contribution in [0.4, 0.5) is 16.2 Å². The molecule has 0 saturated heterocycles. The minimum Gasteiger partial charge on any atom is -0.480 e. The number of hydrogen-bond acceptors (Lipinski definition) is 4. The van der Waals surface area contributed by atoms with Crippen molar-refractivity contribution in [2.24, 2.45) is 0 Å². The smallest absolute Gasteiger partial charge is 0.326 e. The topological polar surface area (TPSA) is 144 Å². The molecule has 0 bridgehead atoms. The molecule has 1 aliphatic heterocycles. The number of nitrogens with zero attached hydrogens (tertiary/aromatic N) is 1. The van der Waals surface area contributed by atoms with Crippen LogP contribution in [0.5, 0.6) is 0 Å². The molecular formula is C22H21N5O5. The number of fused-ring (bicyclic) bond motifs is 2. The van der Waals surface area contributed by atoms with E-state index in [1.165, 1.54) is 4.90 Å². The molecule has 2 aromatic carbocycles. The second-order valence-electron chi connectivity index (χ2n) is 7.33. The van der Waals surface area contributed by atoms with Gasteiger partial charge in [0.25, 0.3) is 0 Å². The van der Waals surface area contributed by atoms with Crippen LogP contribution in [0.3, 0.4) is 0 Å². The van der Waals surface area contributed by atoms with Crippen LogP contribution >= 0.6 is 0 Å². The number of anilines is 2. The van der Waals surface area contributed by atoms with Gasteiger partial charge in [-0.1, -0.05) is 30.3 Å². The fraction of sp³-hybridized carbons (Fsp3) is 0.182. The number of H-pyrrole nitrogens is 1. The normalized spacial score (nSPS) is 13.8. The molecule has 4 rings (SSSR count). The van der Waals surface area contributed by atoms with Crippen molar-refractivity contribution < 1.29 is 24.3 Å². The fourth-order valence-corrected chi connectivity index (χ4v) is 3.63. The maximum absolute atomic E-state index is 12.6. The maximum atomic E-state index is 12.6. The number of aromatic amines is 1. The van der Waals surface area contributed by atoms with E-state index in [0.29, 0.717) is 11.4 Å². The monoisotopic (exact) mass is 435 g/mol. The van der Waals surface area contributed by atoms with Gasteiger partial charge in [0.2, 0.25) is 11.8 Å². The molecule has 5 N–H and O–H groups in total. The van der Waals surface area contributed by atoms with Gasteiger partial charge in [-0.15, -0.1) is 0 Å². The number of urea groups is 1. The standard InChI is InChI=1S/C22H21N5O5/c28-19(11-24-22(32)27-12-20(29)25-16-7-3-4-8-18(16)27)26-17(21(30)31)9-13-10-23-15-6-2-1-5-14(13)15/h1-8,10,17,23H,9,11-12H2,(H,24,32)(H,25,29)(H,26,28)(H,30,31)/t17-/m0/s1. The Kier molecular flexibility index (Phi) is 5.75. The molecule has 3 aromatic rings. The van der Waals surface area contributed by atoms with E-state index in [4.69, 9.17) is 0 Å². The van der Waals surface area contributed by atoms with E-state index in [0.717, 1.165) is 16.5 Å². The van der Waals surface area contributed by atoms with E-state index < -0.39 is 30.5 Å². The number of carbonyl (C=O) groups is 4. The van der Waals surface area contributed by atoms with Crippen molar-refractivity contribution in [3.63, 3.8) is 0 Å². The highest BCUT2D eigenvalue weighted by Crippen LogP contribution is 2.28. The predicted octanol–water partition coefficient (Wildman–Crippen LogP) is 1.45. The van der Waals surface area contributed by atoms with Crippen LogP contribution in [0.1, 0.15) is 5.56 Å². The van der Waals surface area contributed by atoms with E-state index in [9.17, 15) is 24.3 Å². The van der Waals surface area contributed by atoms with Crippen LogP contribution in [-0.2, 0) is 20.8 Å². The van der Waals surface area contributed by atoms with Crippen molar-refractivity contribution in [1.82, 2.24) is 15.6 Å². The summed E-state index contributed by atoms with van der Waals surface area (Å²) in [5, 5.41) is 18.0. The summed E-state index contributed by atoms with van der Waals surface area (Å²) < 4.78 is 0. The van der Waals surface area contributed by atoms with Crippen molar-refractivity contribution in [1.29, 1.82) is 0 Å². The molecule has 1 atom stereocenters. The molecule has 32 heavy (non-hydrogen) atoms. The average molecular weight is 435 g/mol. The minimum atomic E-state index is -1.18. The van der Waals surface area contributed by atoms with Crippen LogP contribution in [0.15, 0.2) is 54.7 Å². The number of benzene rings is 2. The lowest BCUT2D eigenvalue weighted by Crippen LogP contribution is -2.51. The van der Waals surface area contributed by atoms with Crippen LogP contribution in [-0.4, -0.2) is 53.0 Å². The summed E-state index contributed by atoms with van der Waals surface area (Å²) in [4.78, 5) is 52.8. The minimum absolute atomic E-state index is 0.0820. The summed E-state index contributed by atoms with van der Waals surface area (Å²) in [5.74, 6) is -2.19. The second-order valence-corrected chi connectivity index (χ2v) is 7.33. The summed E-state index contributed by atoms with van der Waals surface area (Å²) in [5.41, 5.74) is 2.63. The highest BCUT2D eigenvalue weighted by atomic mass is 16.4. The molecule has 2 heterocycles. The Labute approximate surface area is 182 Å². The van der Waals surface area contributed by atoms with Gasteiger partial charge >= 0.3 is 12.0 Å². The molecule has 0 fully saturated rings. The molecule has 0 saturated carbocycles. The molecular weight excluding hydrogens is 414 g/mol. The highest BCUT2D eigenvalue weighted by Gasteiger charge is 2.27. The first-order chi connectivity index (χ1) is 15.4. The Morgan fingerprint density at radius 3 is 2.66 bits per heavy atom. The van der Waals surface area contributed by atoms with Crippen LogP contribution < -0.4 is 20.9 Å². The second kappa shape index (κ2) is 8.80. The Morgan fingerprint density at radius 1 is 1.09 bits per heavy atom. The van der Waals surface area contributed by atoms with Crippen molar-refractivity contribution in [2.75, 3.05) is 23.3 Å². The Morgan fingerprint density at radius 2 is 1.84 bits per heavy atom.